The molecule has 0 bridgehead atoms. The molecule has 1 aromatic carbocycles. The van der Waals surface area contributed by atoms with Crippen molar-refractivity contribution < 1.29 is 17.9 Å². The molecule has 0 aliphatic rings. The van der Waals surface area contributed by atoms with Gasteiger partial charge in [0.15, 0.2) is 0 Å². The number of hydrogen-bond donors (Lipinski definition) is 1. The quantitative estimate of drug-likeness (QED) is 0.817. The zero-order valence-corrected chi connectivity index (χ0v) is 11.3. The van der Waals surface area contributed by atoms with E-state index in [0.717, 1.165) is 12.5 Å². The van der Waals surface area contributed by atoms with Crippen molar-refractivity contribution in [2.45, 2.75) is 32.5 Å². The molecule has 0 heterocycles. The predicted molar refractivity (Wildman–Crippen MR) is 69.0 cm³/mol. The van der Waals surface area contributed by atoms with Gasteiger partial charge in [-0.05, 0) is 31.5 Å². The molecule has 0 radical (unpaired) electrons. The smallest absolute Gasteiger partial charge is 0.380 e. The first-order valence-corrected chi connectivity index (χ1v) is 6.48. The lowest BCUT2D eigenvalue weighted by Gasteiger charge is -2.22. The molecule has 5 heteroatoms. The maximum atomic E-state index is 13.0. The fourth-order valence-electron chi connectivity index (χ4n) is 1.87. The number of nitrogens with one attached hydrogen (secondary N) is 1. The molecule has 1 rings (SSSR count). The van der Waals surface area contributed by atoms with Crippen molar-refractivity contribution in [3.63, 3.8) is 0 Å². The van der Waals surface area contributed by atoms with Crippen LogP contribution in [0.25, 0.3) is 0 Å². The molecule has 0 amide bonds. The van der Waals surface area contributed by atoms with Crippen molar-refractivity contribution in [1.29, 1.82) is 0 Å². The van der Waals surface area contributed by atoms with Gasteiger partial charge in [0.05, 0.1) is 18.2 Å². The summed E-state index contributed by atoms with van der Waals surface area (Å²) in [4.78, 5) is 0. The van der Waals surface area contributed by atoms with Crippen LogP contribution in [0.3, 0.4) is 0 Å². The van der Waals surface area contributed by atoms with E-state index in [9.17, 15) is 13.2 Å². The van der Waals surface area contributed by atoms with Gasteiger partial charge in [-0.2, -0.15) is 13.2 Å². The van der Waals surface area contributed by atoms with Crippen LogP contribution in [0.2, 0.25) is 0 Å². The van der Waals surface area contributed by atoms with Gasteiger partial charge in [-0.25, -0.2) is 0 Å². The molecule has 1 unspecified atom stereocenters. The summed E-state index contributed by atoms with van der Waals surface area (Å²) in [7, 11) is 0. The zero-order chi connectivity index (χ0) is 14.3. The number of hydrogen-bond acceptors (Lipinski definition) is 2. The maximum absolute atomic E-state index is 13.0. The van der Waals surface area contributed by atoms with Crippen molar-refractivity contribution in [2.24, 2.45) is 0 Å². The van der Waals surface area contributed by atoms with Crippen LogP contribution in [-0.4, -0.2) is 19.8 Å². The van der Waals surface area contributed by atoms with Gasteiger partial charge in [0.1, 0.15) is 0 Å². The molecule has 1 atom stereocenters. The third-order valence-electron chi connectivity index (χ3n) is 2.77. The van der Waals surface area contributed by atoms with Crippen molar-refractivity contribution >= 4 is 0 Å². The van der Waals surface area contributed by atoms with Crippen LogP contribution < -0.4 is 5.32 Å². The maximum Gasteiger partial charge on any atom is 0.416 e. The highest BCUT2D eigenvalue weighted by Crippen LogP contribution is 2.34. The topological polar surface area (TPSA) is 21.3 Å². The lowest BCUT2D eigenvalue weighted by atomic mass is 10.00. The second kappa shape index (κ2) is 7.50. The molecular weight excluding hydrogens is 255 g/mol. The average Bonchev–Trinajstić information content (AvgIpc) is 2.38. The van der Waals surface area contributed by atoms with E-state index in [4.69, 9.17) is 4.74 Å². The zero-order valence-electron chi connectivity index (χ0n) is 11.3. The van der Waals surface area contributed by atoms with Gasteiger partial charge in [-0.15, -0.1) is 0 Å². The Morgan fingerprint density at radius 1 is 1.21 bits per heavy atom. The molecule has 2 nitrogen and oxygen atoms in total. The fourth-order valence-corrected chi connectivity index (χ4v) is 1.87. The van der Waals surface area contributed by atoms with E-state index in [1.807, 2.05) is 13.8 Å². The first-order chi connectivity index (χ1) is 9.00. The Balaban J connectivity index is 3.00. The molecule has 0 aromatic heterocycles. The first kappa shape index (κ1) is 16.0. The van der Waals surface area contributed by atoms with Crippen LogP contribution in [-0.2, 0) is 10.9 Å². The predicted octanol–water partition coefficient (Wildman–Crippen LogP) is 3.78. The van der Waals surface area contributed by atoms with E-state index < -0.39 is 17.8 Å². The van der Waals surface area contributed by atoms with Crippen molar-refractivity contribution in [3.8, 4) is 0 Å². The Morgan fingerprint density at radius 2 is 1.89 bits per heavy atom. The Kier molecular flexibility index (Phi) is 6.31. The minimum atomic E-state index is -4.34. The van der Waals surface area contributed by atoms with Gasteiger partial charge in [-0.3, -0.25) is 0 Å². The summed E-state index contributed by atoms with van der Waals surface area (Å²) in [5, 5.41) is 3.11. The van der Waals surface area contributed by atoms with E-state index in [0.29, 0.717) is 13.2 Å². The summed E-state index contributed by atoms with van der Waals surface area (Å²) in [5.74, 6) is 0. The van der Waals surface area contributed by atoms with Gasteiger partial charge in [-0.1, -0.05) is 25.1 Å². The average molecular weight is 275 g/mol. The Bertz CT molecular complexity index is 371. The molecule has 0 aliphatic carbocycles. The summed E-state index contributed by atoms with van der Waals surface area (Å²) in [6.07, 6.45) is -3.48. The summed E-state index contributed by atoms with van der Waals surface area (Å²) < 4.78 is 44.2. The van der Waals surface area contributed by atoms with Gasteiger partial charge in [0.2, 0.25) is 0 Å². The number of halogens is 3. The van der Waals surface area contributed by atoms with Gasteiger partial charge < -0.3 is 10.1 Å². The fraction of sp³-hybridized carbons (Fsp3) is 0.571. The highest BCUT2D eigenvalue weighted by Gasteiger charge is 2.34. The van der Waals surface area contributed by atoms with Gasteiger partial charge in [0.25, 0.3) is 0 Å². The molecule has 0 saturated carbocycles. The molecule has 108 valence electrons. The molecule has 0 fully saturated rings. The second-order valence-electron chi connectivity index (χ2n) is 4.25. The van der Waals surface area contributed by atoms with E-state index in [2.05, 4.69) is 5.32 Å². The van der Waals surface area contributed by atoms with Gasteiger partial charge in [0, 0.05) is 6.61 Å². The Labute approximate surface area is 112 Å². The van der Waals surface area contributed by atoms with Crippen LogP contribution >= 0.6 is 0 Å². The third-order valence-corrected chi connectivity index (χ3v) is 2.77. The van der Waals surface area contributed by atoms with Crippen LogP contribution in [0, 0.1) is 0 Å². The van der Waals surface area contributed by atoms with Gasteiger partial charge >= 0.3 is 6.18 Å². The Hall–Kier alpha value is -1.07. The molecule has 1 aromatic rings. The molecule has 19 heavy (non-hydrogen) atoms. The van der Waals surface area contributed by atoms with Crippen LogP contribution in [0.5, 0.6) is 0 Å². The van der Waals surface area contributed by atoms with Crippen LogP contribution in [0.1, 0.15) is 37.4 Å². The SMILES string of the molecule is CCCNC(COCC)c1ccccc1C(F)(F)F. The summed E-state index contributed by atoms with van der Waals surface area (Å²) in [6.45, 7) is 5.18. The summed E-state index contributed by atoms with van der Waals surface area (Å²) in [6, 6.07) is 5.22. The van der Waals surface area contributed by atoms with Crippen molar-refractivity contribution in [3.05, 3.63) is 35.4 Å². The lowest BCUT2D eigenvalue weighted by molar-refractivity contribution is -0.138. The van der Waals surface area contributed by atoms with E-state index in [-0.39, 0.29) is 12.2 Å². The van der Waals surface area contributed by atoms with Crippen molar-refractivity contribution in [2.75, 3.05) is 19.8 Å². The lowest BCUT2D eigenvalue weighted by Crippen LogP contribution is -2.28. The molecule has 0 aliphatic heterocycles. The monoisotopic (exact) mass is 275 g/mol. The molecule has 0 saturated heterocycles. The molecule has 1 N–H and O–H groups in total. The second-order valence-corrected chi connectivity index (χ2v) is 4.25. The van der Waals surface area contributed by atoms with Crippen molar-refractivity contribution in [1.82, 2.24) is 5.32 Å². The third kappa shape index (κ3) is 4.84. The van der Waals surface area contributed by atoms with E-state index >= 15 is 0 Å². The standard InChI is InChI=1S/C14H20F3NO/c1-3-9-18-13(10-19-4-2)11-7-5-6-8-12(11)14(15,16)17/h5-8,13,18H,3-4,9-10H2,1-2H3. The summed E-state index contributed by atoms with van der Waals surface area (Å²) in [5.41, 5.74) is -0.347. The first-order valence-electron chi connectivity index (χ1n) is 6.48. The number of alkyl halides is 3. The minimum absolute atomic E-state index is 0.240. The van der Waals surface area contributed by atoms with Crippen LogP contribution in [0.4, 0.5) is 13.2 Å². The number of benzene rings is 1. The normalized spacial score (nSPS) is 13.5. The number of ether oxygens (including phenoxy) is 1. The van der Waals surface area contributed by atoms with E-state index in [1.54, 1.807) is 6.07 Å². The minimum Gasteiger partial charge on any atom is -0.380 e. The van der Waals surface area contributed by atoms with E-state index in [1.165, 1.54) is 12.1 Å². The highest BCUT2D eigenvalue weighted by atomic mass is 19.4. The number of rotatable bonds is 7. The highest BCUT2D eigenvalue weighted by molar-refractivity contribution is 5.32. The summed E-state index contributed by atoms with van der Waals surface area (Å²) >= 11 is 0. The molecular formula is C14H20F3NO. The largest absolute Gasteiger partial charge is 0.416 e. The molecule has 0 spiro atoms. The van der Waals surface area contributed by atoms with Crippen LogP contribution in [0.15, 0.2) is 24.3 Å². The Morgan fingerprint density at radius 3 is 2.47 bits per heavy atom.